The lowest BCUT2D eigenvalue weighted by molar-refractivity contribution is -0.274. The number of Topliss-reactive ketones (excluding diaryl/α,β-unsaturated/α-hetero) is 1. The SMILES string of the molecule is O=C(Cc1ccccc1Cl)c1ccc(OC(F)(F)F)cc1. The van der Waals surface area contributed by atoms with Crippen molar-refractivity contribution >= 4 is 17.4 Å². The van der Waals surface area contributed by atoms with Gasteiger partial charge in [0, 0.05) is 17.0 Å². The van der Waals surface area contributed by atoms with Crippen LogP contribution in [0, 0.1) is 0 Å². The predicted octanol–water partition coefficient (Wildman–Crippen LogP) is 4.66. The Hall–Kier alpha value is -2.01. The summed E-state index contributed by atoms with van der Waals surface area (Å²) < 4.78 is 39.8. The number of carbonyl (C=O) groups is 1. The first-order valence-electron chi connectivity index (χ1n) is 5.97. The minimum absolute atomic E-state index is 0.0825. The lowest BCUT2D eigenvalue weighted by Gasteiger charge is -2.09. The predicted molar refractivity (Wildman–Crippen MR) is 72.6 cm³/mol. The lowest BCUT2D eigenvalue weighted by Crippen LogP contribution is -2.17. The van der Waals surface area contributed by atoms with E-state index in [-0.39, 0.29) is 18.0 Å². The molecule has 0 aliphatic carbocycles. The molecule has 0 aromatic heterocycles. The van der Waals surface area contributed by atoms with Gasteiger partial charge in [0.2, 0.25) is 0 Å². The van der Waals surface area contributed by atoms with Crippen LogP contribution in [0.25, 0.3) is 0 Å². The van der Waals surface area contributed by atoms with Gasteiger partial charge in [0.05, 0.1) is 0 Å². The summed E-state index contributed by atoms with van der Waals surface area (Å²) in [6.07, 6.45) is -4.66. The third-order valence-electron chi connectivity index (χ3n) is 2.72. The minimum atomic E-state index is -4.75. The number of hydrogen-bond acceptors (Lipinski definition) is 2. The van der Waals surface area contributed by atoms with E-state index in [1.165, 1.54) is 12.1 Å². The van der Waals surface area contributed by atoms with Crippen LogP contribution in [0.5, 0.6) is 5.75 Å². The number of benzene rings is 2. The summed E-state index contributed by atoms with van der Waals surface area (Å²) in [5, 5.41) is 0.475. The Bertz CT molecular complexity index is 636. The van der Waals surface area contributed by atoms with Crippen LogP contribution in [-0.4, -0.2) is 12.1 Å². The van der Waals surface area contributed by atoms with Crippen molar-refractivity contribution in [3.8, 4) is 5.75 Å². The van der Waals surface area contributed by atoms with Gasteiger partial charge in [-0.1, -0.05) is 29.8 Å². The monoisotopic (exact) mass is 314 g/mol. The van der Waals surface area contributed by atoms with E-state index in [1.54, 1.807) is 24.3 Å². The zero-order valence-electron chi connectivity index (χ0n) is 10.7. The van der Waals surface area contributed by atoms with Crippen molar-refractivity contribution in [1.82, 2.24) is 0 Å². The second-order valence-electron chi connectivity index (χ2n) is 4.26. The van der Waals surface area contributed by atoms with Crippen molar-refractivity contribution in [3.63, 3.8) is 0 Å². The largest absolute Gasteiger partial charge is 0.573 e. The molecule has 0 aliphatic rings. The van der Waals surface area contributed by atoms with Crippen molar-refractivity contribution in [2.75, 3.05) is 0 Å². The molecule has 0 saturated carbocycles. The number of alkyl halides is 3. The molecule has 0 N–H and O–H groups in total. The van der Waals surface area contributed by atoms with Gasteiger partial charge in [-0.3, -0.25) is 4.79 Å². The van der Waals surface area contributed by atoms with Crippen molar-refractivity contribution in [3.05, 3.63) is 64.7 Å². The summed E-state index contributed by atoms with van der Waals surface area (Å²) >= 11 is 5.96. The van der Waals surface area contributed by atoms with E-state index in [1.807, 2.05) is 0 Å². The molecule has 0 radical (unpaired) electrons. The van der Waals surface area contributed by atoms with Gasteiger partial charge < -0.3 is 4.74 Å². The highest BCUT2D eigenvalue weighted by atomic mass is 35.5. The molecule has 21 heavy (non-hydrogen) atoms. The fourth-order valence-electron chi connectivity index (χ4n) is 1.76. The maximum atomic E-state index is 12.0. The van der Waals surface area contributed by atoms with Crippen LogP contribution in [0.1, 0.15) is 15.9 Å². The van der Waals surface area contributed by atoms with Gasteiger partial charge >= 0.3 is 6.36 Å². The van der Waals surface area contributed by atoms with E-state index < -0.39 is 6.36 Å². The van der Waals surface area contributed by atoms with Gasteiger partial charge in [-0.05, 0) is 35.9 Å². The fourth-order valence-corrected chi connectivity index (χ4v) is 1.96. The Morgan fingerprint density at radius 3 is 2.24 bits per heavy atom. The van der Waals surface area contributed by atoms with E-state index in [0.29, 0.717) is 16.1 Å². The number of halogens is 4. The zero-order valence-corrected chi connectivity index (χ0v) is 11.4. The molecule has 2 aromatic carbocycles. The standard InChI is InChI=1S/C15H10ClF3O2/c16-13-4-2-1-3-11(13)9-14(20)10-5-7-12(8-6-10)21-15(17,18)19/h1-8H,9H2. The minimum Gasteiger partial charge on any atom is -0.406 e. The van der Waals surface area contributed by atoms with E-state index in [4.69, 9.17) is 11.6 Å². The molecule has 2 aromatic rings. The van der Waals surface area contributed by atoms with Crippen LogP contribution in [-0.2, 0) is 6.42 Å². The van der Waals surface area contributed by atoms with Gasteiger partial charge in [0.1, 0.15) is 5.75 Å². The molecule has 0 aliphatic heterocycles. The summed E-state index contributed by atoms with van der Waals surface area (Å²) in [6, 6.07) is 11.7. The molecule has 0 amide bonds. The lowest BCUT2D eigenvalue weighted by atomic mass is 10.0. The quantitative estimate of drug-likeness (QED) is 0.767. The van der Waals surface area contributed by atoms with Gasteiger partial charge in [0.25, 0.3) is 0 Å². The Morgan fingerprint density at radius 2 is 1.67 bits per heavy atom. The Morgan fingerprint density at radius 1 is 1.05 bits per heavy atom. The van der Waals surface area contributed by atoms with E-state index in [0.717, 1.165) is 12.1 Å². The fraction of sp³-hybridized carbons (Fsp3) is 0.133. The highest BCUT2D eigenvalue weighted by Crippen LogP contribution is 2.23. The van der Waals surface area contributed by atoms with Crippen LogP contribution >= 0.6 is 11.6 Å². The van der Waals surface area contributed by atoms with E-state index in [9.17, 15) is 18.0 Å². The highest BCUT2D eigenvalue weighted by Gasteiger charge is 2.31. The van der Waals surface area contributed by atoms with Gasteiger partial charge in [-0.15, -0.1) is 13.2 Å². The van der Waals surface area contributed by atoms with Crippen LogP contribution in [0.2, 0.25) is 5.02 Å². The number of ketones is 1. The summed E-state index contributed by atoms with van der Waals surface area (Å²) in [5.74, 6) is -0.599. The summed E-state index contributed by atoms with van der Waals surface area (Å²) in [4.78, 5) is 12.0. The molecule has 2 nitrogen and oxygen atoms in total. The van der Waals surface area contributed by atoms with Gasteiger partial charge in [0.15, 0.2) is 5.78 Å². The number of rotatable bonds is 4. The molecule has 0 heterocycles. The molecule has 0 unspecified atom stereocenters. The summed E-state index contributed by atoms with van der Waals surface area (Å²) in [5.41, 5.74) is 0.962. The van der Waals surface area contributed by atoms with E-state index >= 15 is 0 Å². The molecule has 0 spiro atoms. The second-order valence-corrected chi connectivity index (χ2v) is 4.67. The molecule has 0 saturated heterocycles. The molecular weight excluding hydrogens is 305 g/mol. The second kappa shape index (κ2) is 6.18. The molecule has 2 rings (SSSR count). The van der Waals surface area contributed by atoms with Crippen molar-refractivity contribution in [2.24, 2.45) is 0 Å². The Labute approximate surface area is 124 Å². The average molecular weight is 315 g/mol. The summed E-state index contributed by atoms with van der Waals surface area (Å²) in [7, 11) is 0. The maximum Gasteiger partial charge on any atom is 0.573 e. The van der Waals surface area contributed by atoms with Crippen molar-refractivity contribution < 1.29 is 22.7 Å². The average Bonchev–Trinajstić information content (AvgIpc) is 2.40. The van der Waals surface area contributed by atoms with Crippen LogP contribution in [0.4, 0.5) is 13.2 Å². The van der Waals surface area contributed by atoms with E-state index in [2.05, 4.69) is 4.74 Å². The van der Waals surface area contributed by atoms with Crippen molar-refractivity contribution in [2.45, 2.75) is 12.8 Å². The first kappa shape index (κ1) is 15.4. The molecule has 0 bridgehead atoms. The Kier molecular flexibility index (Phi) is 4.53. The summed E-state index contributed by atoms with van der Waals surface area (Å²) in [6.45, 7) is 0. The molecule has 0 atom stereocenters. The van der Waals surface area contributed by atoms with Gasteiger partial charge in [-0.2, -0.15) is 0 Å². The topological polar surface area (TPSA) is 26.3 Å². The van der Waals surface area contributed by atoms with Crippen LogP contribution in [0.3, 0.4) is 0 Å². The smallest absolute Gasteiger partial charge is 0.406 e. The first-order valence-corrected chi connectivity index (χ1v) is 6.35. The third-order valence-corrected chi connectivity index (χ3v) is 3.09. The molecule has 0 fully saturated rings. The number of carbonyl (C=O) groups excluding carboxylic acids is 1. The Balaban J connectivity index is 2.08. The number of ether oxygens (including phenoxy) is 1. The molecule has 110 valence electrons. The normalized spacial score (nSPS) is 11.2. The highest BCUT2D eigenvalue weighted by molar-refractivity contribution is 6.31. The zero-order chi connectivity index (χ0) is 15.5. The molecular formula is C15H10ClF3O2. The molecule has 6 heteroatoms. The number of hydrogen-bond donors (Lipinski definition) is 0. The maximum absolute atomic E-state index is 12.0. The van der Waals surface area contributed by atoms with Crippen molar-refractivity contribution in [1.29, 1.82) is 0 Å². The van der Waals surface area contributed by atoms with Gasteiger partial charge in [-0.25, -0.2) is 0 Å². The van der Waals surface area contributed by atoms with Crippen LogP contribution in [0.15, 0.2) is 48.5 Å². The van der Waals surface area contributed by atoms with Crippen LogP contribution < -0.4 is 4.74 Å². The third kappa shape index (κ3) is 4.49. The first-order chi connectivity index (χ1) is 9.85.